The number of allylic oxidation sites excluding steroid dienone is 2. The standard InChI is InChI=1S/C29H29N3O2/c1-22(2)21-28(33)30-26-19-15-25(16-20-26)29(34)32-31-27(17-13-23-9-5-3-6-10-23)18-14-24-11-7-4-8-12-24/h3-20,22H,21H2,1-2H3,(H,30,33)(H,32,34)/b17-13+,18-14+. The number of hydrogen-bond donors (Lipinski definition) is 2. The Hall–Kier alpha value is -4.25. The van der Waals surface area contributed by atoms with Crippen molar-refractivity contribution in [1.29, 1.82) is 0 Å². The number of nitrogens with one attached hydrogen (secondary N) is 2. The van der Waals surface area contributed by atoms with Gasteiger partial charge in [0, 0.05) is 17.7 Å². The highest BCUT2D eigenvalue weighted by Gasteiger charge is 2.08. The lowest BCUT2D eigenvalue weighted by Crippen LogP contribution is -2.19. The molecule has 34 heavy (non-hydrogen) atoms. The van der Waals surface area contributed by atoms with Crippen LogP contribution in [0.3, 0.4) is 0 Å². The topological polar surface area (TPSA) is 70.6 Å². The number of benzene rings is 3. The van der Waals surface area contributed by atoms with Gasteiger partial charge in [0.1, 0.15) is 0 Å². The highest BCUT2D eigenvalue weighted by Crippen LogP contribution is 2.11. The predicted octanol–water partition coefficient (Wildman–Crippen LogP) is 6.18. The Balaban J connectivity index is 1.70. The number of rotatable bonds is 9. The summed E-state index contributed by atoms with van der Waals surface area (Å²) in [5.41, 5.74) is 6.38. The first-order valence-electron chi connectivity index (χ1n) is 11.2. The van der Waals surface area contributed by atoms with Gasteiger partial charge in [-0.15, -0.1) is 0 Å². The number of anilines is 1. The number of carbonyl (C=O) groups is 2. The number of amides is 2. The Morgan fingerprint density at radius 3 is 1.82 bits per heavy atom. The third-order valence-electron chi connectivity index (χ3n) is 4.80. The van der Waals surface area contributed by atoms with Crippen LogP contribution in [0, 0.1) is 5.92 Å². The van der Waals surface area contributed by atoms with Crippen molar-refractivity contribution >= 4 is 35.4 Å². The first kappa shape index (κ1) is 24.4. The molecule has 0 heterocycles. The molecule has 0 aliphatic heterocycles. The van der Waals surface area contributed by atoms with Crippen molar-refractivity contribution in [3.8, 4) is 0 Å². The van der Waals surface area contributed by atoms with E-state index in [0.29, 0.717) is 23.4 Å². The zero-order chi connectivity index (χ0) is 24.2. The Morgan fingerprint density at radius 2 is 1.32 bits per heavy atom. The van der Waals surface area contributed by atoms with Crippen LogP contribution in [-0.2, 0) is 4.79 Å². The molecule has 0 bridgehead atoms. The summed E-state index contributed by atoms with van der Waals surface area (Å²) >= 11 is 0. The van der Waals surface area contributed by atoms with E-state index >= 15 is 0 Å². The van der Waals surface area contributed by atoms with Crippen LogP contribution in [0.15, 0.2) is 102 Å². The zero-order valence-corrected chi connectivity index (χ0v) is 19.4. The molecule has 5 nitrogen and oxygen atoms in total. The normalized spacial score (nSPS) is 11.0. The van der Waals surface area contributed by atoms with Crippen molar-refractivity contribution in [2.45, 2.75) is 20.3 Å². The quantitative estimate of drug-likeness (QED) is 0.301. The molecule has 172 valence electrons. The fourth-order valence-corrected chi connectivity index (χ4v) is 3.09. The molecule has 0 spiro atoms. The summed E-state index contributed by atoms with van der Waals surface area (Å²) in [5.74, 6) is -0.0976. The molecule has 0 saturated carbocycles. The molecular formula is C29H29N3O2. The third-order valence-corrected chi connectivity index (χ3v) is 4.80. The average Bonchev–Trinajstić information content (AvgIpc) is 2.84. The molecule has 3 aromatic carbocycles. The van der Waals surface area contributed by atoms with E-state index in [1.807, 2.05) is 98.8 Å². The van der Waals surface area contributed by atoms with Crippen LogP contribution < -0.4 is 10.7 Å². The van der Waals surface area contributed by atoms with Gasteiger partial charge in [-0.25, -0.2) is 5.43 Å². The fraction of sp³-hybridized carbons (Fsp3) is 0.138. The summed E-state index contributed by atoms with van der Waals surface area (Å²) in [6.07, 6.45) is 8.03. The second-order valence-electron chi connectivity index (χ2n) is 8.19. The first-order valence-corrected chi connectivity index (χ1v) is 11.2. The van der Waals surface area contributed by atoms with Gasteiger partial charge in [0.25, 0.3) is 5.91 Å². The second-order valence-corrected chi connectivity index (χ2v) is 8.19. The van der Waals surface area contributed by atoms with Crippen LogP contribution in [0.1, 0.15) is 41.8 Å². The smallest absolute Gasteiger partial charge is 0.271 e. The van der Waals surface area contributed by atoms with E-state index in [0.717, 1.165) is 11.1 Å². The molecule has 0 radical (unpaired) electrons. The van der Waals surface area contributed by atoms with Gasteiger partial charge in [-0.05, 0) is 53.5 Å². The molecule has 0 aliphatic carbocycles. The summed E-state index contributed by atoms with van der Waals surface area (Å²) < 4.78 is 0. The van der Waals surface area contributed by atoms with Crippen LogP contribution in [0.25, 0.3) is 12.2 Å². The minimum Gasteiger partial charge on any atom is -0.326 e. The van der Waals surface area contributed by atoms with E-state index in [4.69, 9.17) is 0 Å². The van der Waals surface area contributed by atoms with Crippen molar-refractivity contribution in [1.82, 2.24) is 5.43 Å². The Labute approximate surface area is 200 Å². The molecule has 2 amide bonds. The first-order chi connectivity index (χ1) is 16.5. The van der Waals surface area contributed by atoms with Crippen molar-refractivity contribution in [3.63, 3.8) is 0 Å². The van der Waals surface area contributed by atoms with Crippen molar-refractivity contribution in [2.75, 3.05) is 5.32 Å². The van der Waals surface area contributed by atoms with Gasteiger partial charge in [0.05, 0.1) is 5.71 Å². The Kier molecular flexibility index (Phi) is 9.11. The molecule has 0 atom stereocenters. The molecule has 0 saturated heterocycles. The summed E-state index contributed by atoms with van der Waals surface area (Å²) in [6.45, 7) is 3.98. The molecule has 2 N–H and O–H groups in total. The van der Waals surface area contributed by atoms with Gasteiger partial charge < -0.3 is 5.32 Å². The summed E-state index contributed by atoms with van der Waals surface area (Å²) in [4.78, 5) is 24.5. The van der Waals surface area contributed by atoms with Crippen LogP contribution >= 0.6 is 0 Å². The molecular weight excluding hydrogens is 422 g/mol. The Morgan fingerprint density at radius 1 is 0.794 bits per heavy atom. The molecule has 0 aromatic heterocycles. The van der Waals surface area contributed by atoms with Gasteiger partial charge in [-0.2, -0.15) is 5.10 Å². The van der Waals surface area contributed by atoms with Gasteiger partial charge in [0.15, 0.2) is 0 Å². The van der Waals surface area contributed by atoms with E-state index < -0.39 is 0 Å². The highest BCUT2D eigenvalue weighted by atomic mass is 16.2. The van der Waals surface area contributed by atoms with Gasteiger partial charge in [-0.1, -0.05) is 86.7 Å². The molecule has 0 unspecified atom stereocenters. The molecule has 0 aliphatic rings. The lowest BCUT2D eigenvalue weighted by molar-refractivity contribution is -0.116. The molecule has 0 fully saturated rings. The van der Waals surface area contributed by atoms with Crippen LogP contribution in [0.2, 0.25) is 0 Å². The fourth-order valence-electron chi connectivity index (χ4n) is 3.09. The molecule has 3 aromatic rings. The van der Waals surface area contributed by atoms with Crippen molar-refractivity contribution in [2.24, 2.45) is 11.0 Å². The Bertz CT molecular complexity index is 1110. The largest absolute Gasteiger partial charge is 0.326 e. The van der Waals surface area contributed by atoms with Crippen LogP contribution in [0.5, 0.6) is 0 Å². The van der Waals surface area contributed by atoms with Crippen molar-refractivity contribution in [3.05, 3.63) is 114 Å². The molecule has 5 heteroatoms. The zero-order valence-electron chi connectivity index (χ0n) is 19.4. The van der Waals surface area contributed by atoms with Crippen LogP contribution in [0.4, 0.5) is 5.69 Å². The third kappa shape index (κ3) is 8.36. The van der Waals surface area contributed by atoms with E-state index in [2.05, 4.69) is 15.8 Å². The van der Waals surface area contributed by atoms with Crippen molar-refractivity contribution < 1.29 is 9.59 Å². The van der Waals surface area contributed by atoms with E-state index in [1.54, 1.807) is 24.3 Å². The SMILES string of the molecule is CC(C)CC(=O)Nc1ccc(C(=O)NN=C(/C=C/c2ccccc2)/C=C/c2ccccc2)cc1. The minimum atomic E-state index is -0.334. The number of nitrogens with zero attached hydrogens (tertiary/aromatic N) is 1. The minimum absolute atomic E-state index is 0.0446. The number of hydrazone groups is 1. The summed E-state index contributed by atoms with van der Waals surface area (Å²) in [7, 11) is 0. The second kappa shape index (κ2) is 12.7. The van der Waals surface area contributed by atoms with E-state index in [-0.39, 0.29) is 17.7 Å². The maximum Gasteiger partial charge on any atom is 0.271 e. The maximum absolute atomic E-state index is 12.6. The van der Waals surface area contributed by atoms with Crippen LogP contribution in [-0.4, -0.2) is 17.5 Å². The predicted molar refractivity (Wildman–Crippen MR) is 140 cm³/mol. The summed E-state index contributed by atoms with van der Waals surface area (Å²) in [5, 5.41) is 7.15. The van der Waals surface area contributed by atoms with Gasteiger partial charge >= 0.3 is 0 Å². The maximum atomic E-state index is 12.6. The monoisotopic (exact) mass is 451 g/mol. The highest BCUT2D eigenvalue weighted by molar-refractivity contribution is 6.09. The van der Waals surface area contributed by atoms with E-state index in [9.17, 15) is 9.59 Å². The lowest BCUT2D eigenvalue weighted by Gasteiger charge is -2.08. The van der Waals surface area contributed by atoms with Gasteiger partial charge in [-0.3, -0.25) is 9.59 Å². The average molecular weight is 452 g/mol. The van der Waals surface area contributed by atoms with Gasteiger partial charge in [0.2, 0.25) is 5.91 Å². The lowest BCUT2D eigenvalue weighted by atomic mass is 10.1. The van der Waals surface area contributed by atoms with E-state index in [1.165, 1.54) is 0 Å². The summed E-state index contributed by atoms with van der Waals surface area (Å²) in [6, 6.07) is 26.5. The molecule has 3 rings (SSSR count). The number of hydrogen-bond acceptors (Lipinski definition) is 3. The number of carbonyl (C=O) groups excluding carboxylic acids is 2.